The Balaban J connectivity index is 1.71. The Hall–Kier alpha value is -1.19. The molecule has 1 aliphatic carbocycles. The second-order valence-corrected chi connectivity index (χ2v) is 6.85. The van der Waals surface area contributed by atoms with E-state index in [2.05, 4.69) is 24.8 Å². The monoisotopic (exact) mass is 314 g/mol. The van der Waals surface area contributed by atoms with E-state index < -0.39 is 0 Å². The fourth-order valence-electron chi connectivity index (χ4n) is 3.19. The van der Waals surface area contributed by atoms with Crippen molar-refractivity contribution < 1.29 is 0 Å². The Morgan fingerprint density at radius 3 is 2.50 bits per heavy atom. The van der Waals surface area contributed by atoms with Crippen molar-refractivity contribution in [2.24, 2.45) is 11.8 Å². The van der Waals surface area contributed by atoms with Gasteiger partial charge in [0.1, 0.15) is 0 Å². The molecule has 118 valence electrons. The number of allylic oxidation sites excluding steroid dienone is 2. The molecule has 1 aromatic rings. The second kappa shape index (κ2) is 9.75. The zero-order valence-corrected chi connectivity index (χ0v) is 14.4. The van der Waals surface area contributed by atoms with Crippen LogP contribution in [-0.2, 0) is 0 Å². The number of hydrogen-bond acceptors (Lipinski definition) is 0. The van der Waals surface area contributed by atoms with Gasteiger partial charge in [0.05, 0.1) is 0 Å². The number of halogens is 1. The van der Waals surface area contributed by atoms with Crippen LogP contribution < -0.4 is 0 Å². The smallest absolute Gasteiger partial charge is 0.0406 e. The van der Waals surface area contributed by atoms with Crippen molar-refractivity contribution >= 4 is 11.6 Å². The fourth-order valence-corrected chi connectivity index (χ4v) is 3.32. The average Bonchev–Trinajstić information content (AvgIpc) is 2.55. The lowest BCUT2D eigenvalue weighted by Crippen LogP contribution is -2.12. The van der Waals surface area contributed by atoms with E-state index in [1.54, 1.807) is 0 Å². The van der Waals surface area contributed by atoms with Gasteiger partial charge >= 0.3 is 0 Å². The first-order valence-electron chi connectivity index (χ1n) is 8.71. The standard InChI is InChI=1S/C21H27Cl/c1-2-3-4-7-18-10-12-19(13-11-18)8-5-6-9-20-14-16-21(22)17-15-20/h5,8,14-19H,2-4,7,10-13H2,1H3/b8-5+/t18-,19-. The lowest BCUT2D eigenvalue weighted by molar-refractivity contribution is 0.289. The zero-order valence-electron chi connectivity index (χ0n) is 13.7. The Morgan fingerprint density at radius 2 is 1.82 bits per heavy atom. The Bertz CT molecular complexity index is 507. The van der Waals surface area contributed by atoms with Crippen molar-refractivity contribution in [1.29, 1.82) is 0 Å². The van der Waals surface area contributed by atoms with Gasteiger partial charge in [-0.25, -0.2) is 0 Å². The van der Waals surface area contributed by atoms with Gasteiger partial charge < -0.3 is 0 Å². The summed E-state index contributed by atoms with van der Waals surface area (Å²) in [5.74, 6) is 8.03. The average molecular weight is 315 g/mol. The van der Waals surface area contributed by atoms with E-state index in [4.69, 9.17) is 11.6 Å². The quantitative estimate of drug-likeness (QED) is 0.422. The highest BCUT2D eigenvalue weighted by atomic mass is 35.5. The third-order valence-electron chi connectivity index (χ3n) is 4.62. The van der Waals surface area contributed by atoms with Gasteiger partial charge in [0.25, 0.3) is 0 Å². The highest BCUT2D eigenvalue weighted by molar-refractivity contribution is 6.30. The molecule has 0 N–H and O–H groups in total. The van der Waals surface area contributed by atoms with Crippen LogP contribution >= 0.6 is 11.6 Å². The van der Waals surface area contributed by atoms with E-state index in [0.717, 1.165) is 22.4 Å². The predicted octanol–water partition coefficient (Wildman–Crippen LogP) is 6.63. The van der Waals surface area contributed by atoms with Crippen molar-refractivity contribution in [2.75, 3.05) is 0 Å². The summed E-state index contributed by atoms with van der Waals surface area (Å²) in [5.41, 5.74) is 1.02. The van der Waals surface area contributed by atoms with Crippen LogP contribution in [0.15, 0.2) is 36.4 Å². The summed E-state index contributed by atoms with van der Waals surface area (Å²) in [6.45, 7) is 2.28. The third kappa shape index (κ3) is 6.29. The summed E-state index contributed by atoms with van der Waals surface area (Å²) in [6.07, 6.45) is 15.5. The summed E-state index contributed by atoms with van der Waals surface area (Å²) in [6, 6.07) is 7.69. The molecule has 1 fully saturated rings. The van der Waals surface area contributed by atoms with Crippen LogP contribution in [0.2, 0.25) is 5.02 Å². The van der Waals surface area contributed by atoms with E-state index in [1.165, 1.54) is 51.4 Å². The normalized spacial score (nSPS) is 21.5. The number of benzene rings is 1. The van der Waals surface area contributed by atoms with Crippen molar-refractivity contribution in [1.82, 2.24) is 0 Å². The van der Waals surface area contributed by atoms with Crippen LogP contribution in [0.5, 0.6) is 0 Å². The Labute approximate surface area is 141 Å². The molecule has 0 bridgehead atoms. The van der Waals surface area contributed by atoms with Gasteiger partial charge in [-0.2, -0.15) is 0 Å². The maximum Gasteiger partial charge on any atom is 0.0406 e. The molecule has 22 heavy (non-hydrogen) atoms. The van der Waals surface area contributed by atoms with Gasteiger partial charge in [-0.05, 0) is 67.9 Å². The van der Waals surface area contributed by atoms with Crippen molar-refractivity contribution in [3.05, 3.63) is 47.0 Å². The molecule has 0 atom stereocenters. The molecular weight excluding hydrogens is 288 g/mol. The molecule has 0 saturated heterocycles. The summed E-state index contributed by atoms with van der Waals surface area (Å²) in [4.78, 5) is 0. The number of rotatable bonds is 5. The molecule has 0 radical (unpaired) electrons. The van der Waals surface area contributed by atoms with E-state index >= 15 is 0 Å². The highest BCUT2D eigenvalue weighted by Crippen LogP contribution is 2.32. The van der Waals surface area contributed by atoms with E-state index in [0.29, 0.717) is 0 Å². The molecule has 1 saturated carbocycles. The van der Waals surface area contributed by atoms with Crippen LogP contribution in [-0.4, -0.2) is 0 Å². The summed E-state index contributed by atoms with van der Waals surface area (Å²) in [7, 11) is 0. The van der Waals surface area contributed by atoms with E-state index in [-0.39, 0.29) is 0 Å². The Kier molecular flexibility index (Phi) is 7.61. The summed E-state index contributed by atoms with van der Waals surface area (Å²) >= 11 is 5.86. The second-order valence-electron chi connectivity index (χ2n) is 6.41. The number of hydrogen-bond donors (Lipinski definition) is 0. The number of unbranched alkanes of at least 4 members (excludes halogenated alkanes) is 2. The minimum Gasteiger partial charge on any atom is -0.0843 e. The van der Waals surface area contributed by atoms with Gasteiger partial charge in [0, 0.05) is 10.6 Å². The van der Waals surface area contributed by atoms with Crippen molar-refractivity contribution in [2.45, 2.75) is 58.3 Å². The molecule has 1 aliphatic rings. The topological polar surface area (TPSA) is 0 Å². The molecular formula is C21H27Cl. The minimum atomic E-state index is 0.738. The first-order chi connectivity index (χ1) is 10.8. The van der Waals surface area contributed by atoms with E-state index in [1.807, 2.05) is 30.3 Å². The SMILES string of the molecule is CCCCC[C@H]1CC[C@H](/C=C/C#Cc2ccc(Cl)cc2)CC1. The lowest BCUT2D eigenvalue weighted by atomic mass is 9.79. The third-order valence-corrected chi connectivity index (χ3v) is 4.87. The fraction of sp³-hybridized carbons (Fsp3) is 0.524. The first kappa shape index (κ1) is 17.2. The zero-order chi connectivity index (χ0) is 15.6. The lowest BCUT2D eigenvalue weighted by Gasteiger charge is -2.26. The molecule has 1 heteroatoms. The minimum absolute atomic E-state index is 0.738. The molecule has 0 amide bonds. The van der Waals surface area contributed by atoms with Gasteiger partial charge in [0.15, 0.2) is 0 Å². The maximum atomic E-state index is 5.86. The predicted molar refractivity (Wildman–Crippen MR) is 97.1 cm³/mol. The summed E-state index contributed by atoms with van der Waals surface area (Å²) < 4.78 is 0. The summed E-state index contributed by atoms with van der Waals surface area (Å²) in [5, 5.41) is 0.761. The molecule has 0 aliphatic heterocycles. The molecule has 0 nitrogen and oxygen atoms in total. The first-order valence-corrected chi connectivity index (χ1v) is 9.09. The molecule has 0 aromatic heterocycles. The van der Waals surface area contributed by atoms with Gasteiger partial charge in [-0.3, -0.25) is 0 Å². The molecule has 0 unspecified atom stereocenters. The van der Waals surface area contributed by atoms with Crippen LogP contribution in [0.4, 0.5) is 0 Å². The van der Waals surface area contributed by atoms with Crippen LogP contribution in [0.25, 0.3) is 0 Å². The maximum absolute atomic E-state index is 5.86. The van der Waals surface area contributed by atoms with Gasteiger partial charge in [0.2, 0.25) is 0 Å². The van der Waals surface area contributed by atoms with Gasteiger partial charge in [-0.15, -0.1) is 0 Å². The molecule has 0 spiro atoms. The molecule has 1 aromatic carbocycles. The molecule has 2 rings (SSSR count). The van der Waals surface area contributed by atoms with Crippen LogP contribution in [0, 0.1) is 23.7 Å². The van der Waals surface area contributed by atoms with E-state index in [9.17, 15) is 0 Å². The molecule has 0 heterocycles. The highest BCUT2D eigenvalue weighted by Gasteiger charge is 2.18. The van der Waals surface area contributed by atoms with Crippen molar-refractivity contribution in [3.8, 4) is 11.8 Å². The van der Waals surface area contributed by atoms with Crippen LogP contribution in [0.3, 0.4) is 0 Å². The van der Waals surface area contributed by atoms with Crippen LogP contribution in [0.1, 0.15) is 63.9 Å². The van der Waals surface area contributed by atoms with Gasteiger partial charge in [-0.1, -0.05) is 62.1 Å². The largest absolute Gasteiger partial charge is 0.0843 e. The van der Waals surface area contributed by atoms with Crippen molar-refractivity contribution in [3.63, 3.8) is 0 Å². The Morgan fingerprint density at radius 1 is 1.09 bits per heavy atom.